The van der Waals surface area contributed by atoms with Gasteiger partial charge in [-0.3, -0.25) is 0 Å². The molecule has 0 radical (unpaired) electrons. The molecule has 0 heterocycles. The second-order valence-corrected chi connectivity index (χ2v) is 18.9. The molecule has 0 spiro atoms. The van der Waals surface area contributed by atoms with Crippen molar-refractivity contribution in [3.63, 3.8) is 0 Å². The van der Waals surface area contributed by atoms with Crippen LogP contribution in [0.4, 0.5) is 62.6 Å². The summed E-state index contributed by atoms with van der Waals surface area (Å²) >= 11 is 0. The van der Waals surface area contributed by atoms with Gasteiger partial charge in [0, 0.05) is 62.6 Å². The van der Waals surface area contributed by atoms with Crippen LogP contribution in [-0.2, 0) is 0 Å². The van der Waals surface area contributed by atoms with Gasteiger partial charge in [0.15, 0.2) is 0 Å². The minimum absolute atomic E-state index is 0.218. The normalized spacial score (nSPS) is 12.7. The number of para-hydroxylation sites is 5. The Balaban J connectivity index is 0.929. The lowest BCUT2D eigenvalue weighted by atomic mass is 9.87. The van der Waals surface area contributed by atoms with Crippen LogP contribution in [0.2, 0.25) is 0 Å². The second kappa shape index (κ2) is 22.1. The standard InChI is InChI=1S/C72H56N4/c1-8-25-55(26-9-1)72-70(56-27-22-41-68(53-56)75(62-37-18-6-19-38-62)66-49-45-64(46-50-66)73(58-29-10-2-11-30-58)59-31-12-3-13-32-59)43-24-44-71(72)57-28-23-42-69(54-57)76(63-39-20-7-21-40-63)67-51-47-65(48-52-67)74(60-33-14-4-15-34-60)61-35-16-5-17-36-61/h1-35,37-54,61H,36H2. The number of rotatable bonds is 15. The summed E-state index contributed by atoms with van der Waals surface area (Å²) in [6.07, 6.45) is 9.79. The van der Waals surface area contributed by atoms with Crippen LogP contribution in [0.1, 0.15) is 6.42 Å². The van der Waals surface area contributed by atoms with E-state index in [0.717, 1.165) is 91.1 Å². The predicted molar refractivity (Wildman–Crippen MR) is 322 cm³/mol. The predicted octanol–water partition coefficient (Wildman–Crippen LogP) is 20.1. The molecule has 11 aromatic rings. The summed E-state index contributed by atoms with van der Waals surface area (Å²) in [5.41, 5.74) is 19.0. The van der Waals surface area contributed by atoms with E-state index in [1.165, 1.54) is 11.3 Å². The highest BCUT2D eigenvalue weighted by Crippen LogP contribution is 2.46. The molecule has 1 unspecified atom stereocenters. The summed E-state index contributed by atoms with van der Waals surface area (Å²) in [6, 6.07) is 107. The Morgan fingerprint density at radius 3 is 0.947 bits per heavy atom. The Morgan fingerprint density at radius 1 is 0.250 bits per heavy atom. The van der Waals surface area contributed by atoms with E-state index in [0.29, 0.717) is 0 Å². The number of hydrogen-bond donors (Lipinski definition) is 0. The van der Waals surface area contributed by atoms with Crippen molar-refractivity contribution in [3.05, 3.63) is 322 Å². The third-order valence-electron chi connectivity index (χ3n) is 14.1. The first-order valence-electron chi connectivity index (χ1n) is 26.1. The van der Waals surface area contributed by atoms with Crippen molar-refractivity contribution in [2.24, 2.45) is 0 Å². The van der Waals surface area contributed by atoms with E-state index in [-0.39, 0.29) is 6.04 Å². The number of benzene rings is 11. The van der Waals surface area contributed by atoms with Crippen LogP contribution in [0.15, 0.2) is 322 Å². The van der Waals surface area contributed by atoms with Crippen molar-refractivity contribution in [3.8, 4) is 33.4 Å². The average Bonchev–Trinajstić information content (AvgIpc) is 3.50. The van der Waals surface area contributed by atoms with Crippen molar-refractivity contribution in [2.45, 2.75) is 12.5 Å². The fourth-order valence-electron chi connectivity index (χ4n) is 10.6. The first-order chi connectivity index (χ1) is 37.7. The monoisotopic (exact) mass is 976 g/mol. The number of anilines is 11. The smallest absolute Gasteiger partial charge is 0.0559 e. The van der Waals surface area contributed by atoms with Crippen LogP contribution in [0, 0.1) is 0 Å². The quantitative estimate of drug-likeness (QED) is 0.101. The molecule has 0 saturated heterocycles. The summed E-state index contributed by atoms with van der Waals surface area (Å²) in [6.45, 7) is 0. The van der Waals surface area contributed by atoms with Crippen molar-refractivity contribution in [1.29, 1.82) is 0 Å². The highest BCUT2D eigenvalue weighted by Gasteiger charge is 2.22. The molecular formula is C72H56N4. The molecule has 1 aliphatic carbocycles. The molecule has 1 atom stereocenters. The average molecular weight is 977 g/mol. The summed E-state index contributed by atoms with van der Waals surface area (Å²) < 4.78 is 0. The molecule has 364 valence electrons. The van der Waals surface area contributed by atoms with Crippen LogP contribution in [0.5, 0.6) is 0 Å². The van der Waals surface area contributed by atoms with Gasteiger partial charge in [0.25, 0.3) is 0 Å². The van der Waals surface area contributed by atoms with E-state index in [1.807, 2.05) is 0 Å². The van der Waals surface area contributed by atoms with E-state index in [9.17, 15) is 0 Å². The van der Waals surface area contributed by atoms with E-state index in [1.54, 1.807) is 0 Å². The lowest BCUT2D eigenvalue weighted by molar-refractivity contribution is 0.785. The van der Waals surface area contributed by atoms with E-state index in [4.69, 9.17) is 0 Å². The molecule has 76 heavy (non-hydrogen) atoms. The molecule has 12 rings (SSSR count). The SMILES string of the molecule is C1=CCC(N(c2ccccc2)c2ccc(N(c3ccccc3)c3cccc(-c4cccc(-c5cccc(N(c6ccccc6)c6ccc(N(c7ccccc7)c7ccccc7)cc6)c5)c4-c4ccccc4)c3)cc2)C=C1. The Morgan fingerprint density at radius 2 is 0.553 bits per heavy atom. The second-order valence-electron chi connectivity index (χ2n) is 18.9. The van der Waals surface area contributed by atoms with E-state index in [2.05, 4.69) is 341 Å². The highest BCUT2D eigenvalue weighted by atomic mass is 15.2. The summed E-state index contributed by atoms with van der Waals surface area (Å²) in [5, 5.41) is 0. The summed E-state index contributed by atoms with van der Waals surface area (Å²) in [5.74, 6) is 0. The maximum atomic E-state index is 2.44. The molecule has 0 saturated carbocycles. The molecule has 4 nitrogen and oxygen atoms in total. The molecular weight excluding hydrogens is 921 g/mol. The van der Waals surface area contributed by atoms with E-state index >= 15 is 0 Å². The van der Waals surface area contributed by atoms with Crippen molar-refractivity contribution in [1.82, 2.24) is 0 Å². The van der Waals surface area contributed by atoms with Crippen LogP contribution < -0.4 is 19.6 Å². The maximum absolute atomic E-state index is 2.44. The van der Waals surface area contributed by atoms with Gasteiger partial charge in [0.2, 0.25) is 0 Å². The van der Waals surface area contributed by atoms with Crippen molar-refractivity contribution in [2.75, 3.05) is 19.6 Å². The zero-order chi connectivity index (χ0) is 50.9. The Hall–Kier alpha value is -9.90. The Labute approximate surface area is 447 Å². The third kappa shape index (κ3) is 9.96. The molecule has 0 N–H and O–H groups in total. The molecule has 11 aromatic carbocycles. The van der Waals surface area contributed by atoms with Gasteiger partial charge in [-0.25, -0.2) is 0 Å². The Bertz CT molecular complexity index is 3670. The third-order valence-corrected chi connectivity index (χ3v) is 14.1. The summed E-state index contributed by atoms with van der Waals surface area (Å²) in [7, 11) is 0. The zero-order valence-corrected chi connectivity index (χ0v) is 42.2. The van der Waals surface area contributed by atoms with Crippen LogP contribution in [0.25, 0.3) is 33.4 Å². The largest absolute Gasteiger partial charge is 0.334 e. The fourth-order valence-corrected chi connectivity index (χ4v) is 10.6. The highest BCUT2D eigenvalue weighted by molar-refractivity contribution is 5.96. The van der Waals surface area contributed by atoms with Crippen molar-refractivity contribution < 1.29 is 0 Å². The molecule has 0 bridgehead atoms. The van der Waals surface area contributed by atoms with Gasteiger partial charge in [0.05, 0.1) is 6.04 Å². The lowest BCUT2D eigenvalue weighted by Crippen LogP contribution is -2.29. The van der Waals surface area contributed by atoms with Crippen LogP contribution in [-0.4, -0.2) is 6.04 Å². The first-order valence-corrected chi connectivity index (χ1v) is 26.1. The van der Waals surface area contributed by atoms with Crippen LogP contribution >= 0.6 is 0 Å². The molecule has 0 aromatic heterocycles. The zero-order valence-electron chi connectivity index (χ0n) is 42.2. The number of hydrogen-bond acceptors (Lipinski definition) is 4. The first kappa shape index (κ1) is 47.1. The van der Waals surface area contributed by atoms with Crippen LogP contribution in [0.3, 0.4) is 0 Å². The molecule has 0 amide bonds. The van der Waals surface area contributed by atoms with Gasteiger partial charge in [-0.2, -0.15) is 0 Å². The molecule has 1 aliphatic rings. The van der Waals surface area contributed by atoms with Gasteiger partial charge < -0.3 is 19.6 Å². The summed E-state index contributed by atoms with van der Waals surface area (Å²) in [4.78, 5) is 9.46. The minimum Gasteiger partial charge on any atom is -0.334 e. The van der Waals surface area contributed by atoms with Gasteiger partial charge in [-0.15, -0.1) is 0 Å². The Kier molecular flexibility index (Phi) is 13.7. The van der Waals surface area contributed by atoms with Crippen molar-refractivity contribution >= 4 is 62.6 Å². The molecule has 0 fully saturated rings. The van der Waals surface area contributed by atoms with E-state index < -0.39 is 0 Å². The maximum Gasteiger partial charge on any atom is 0.0559 e. The molecule has 4 heteroatoms. The topological polar surface area (TPSA) is 13.0 Å². The van der Waals surface area contributed by atoms with Gasteiger partial charge in [-0.05, 0) is 173 Å². The number of allylic oxidation sites excluding steroid dienone is 2. The lowest BCUT2D eigenvalue weighted by Gasteiger charge is -2.33. The van der Waals surface area contributed by atoms with Gasteiger partial charge >= 0.3 is 0 Å². The van der Waals surface area contributed by atoms with Gasteiger partial charge in [0.1, 0.15) is 0 Å². The fraction of sp³-hybridized carbons (Fsp3) is 0.0278. The number of nitrogens with zero attached hydrogens (tertiary/aromatic N) is 4. The van der Waals surface area contributed by atoms with Gasteiger partial charge in [-0.1, -0.05) is 188 Å². The minimum atomic E-state index is 0.218. The molecule has 0 aliphatic heterocycles.